The number of carbonyl (C=O) groups excluding carboxylic acids is 1. The summed E-state index contributed by atoms with van der Waals surface area (Å²) in [5.41, 5.74) is -10.3. The number of rotatable bonds is 8. The molecular weight excluding hydrogens is 410 g/mol. The van der Waals surface area contributed by atoms with Gasteiger partial charge in [0.1, 0.15) is 17.3 Å². The highest BCUT2D eigenvalue weighted by atomic mass is 32.2. The summed E-state index contributed by atoms with van der Waals surface area (Å²) >= 11 is 0. The maximum Gasteiger partial charge on any atom is 0.584 e. The molecule has 1 atom stereocenters. The van der Waals surface area contributed by atoms with Crippen LogP contribution in [0.3, 0.4) is 0 Å². The van der Waals surface area contributed by atoms with Crippen molar-refractivity contribution in [2.24, 2.45) is 0 Å². The molecule has 1 fully saturated rings. The molecule has 0 spiro atoms. The Morgan fingerprint density at radius 3 is 1.85 bits per heavy atom. The van der Waals surface area contributed by atoms with Gasteiger partial charge in [-0.3, -0.25) is 4.79 Å². The van der Waals surface area contributed by atoms with Crippen LogP contribution in [0.4, 0.5) is 26.3 Å². The fourth-order valence-corrected chi connectivity index (χ4v) is 6.37. The van der Waals surface area contributed by atoms with Gasteiger partial charge in [0.05, 0.1) is 0 Å². The predicted molar refractivity (Wildman–Crippen MR) is 104 cm³/mol. The first-order chi connectivity index (χ1) is 12.5. The van der Waals surface area contributed by atoms with Gasteiger partial charge in [0, 0.05) is 12.8 Å². The number of unbranched alkanes of at least 4 members (excludes halogenated alkanes) is 3. The van der Waals surface area contributed by atoms with Gasteiger partial charge >= 0.3 is 11.0 Å². The SMILES string of the molecule is CCCCCC[S+](C(F)(F)F)C(F)(F)F.CC[S+](CC)C1CCCCC1=O. The lowest BCUT2D eigenvalue weighted by molar-refractivity contribution is -0.119. The molecule has 0 amide bonds. The van der Waals surface area contributed by atoms with Crippen LogP contribution in [0.5, 0.6) is 0 Å². The van der Waals surface area contributed by atoms with Gasteiger partial charge in [-0.05, 0) is 50.4 Å². The van der Waals surface area contributed by atoms with Crippen LogP contribution in [0, 0.1) is 0 Å². The minimum atomic E-state index is -5.15. The quantitative estimate of drug-likeness (QED) is 0.242. The Hall–Kier alpha value is -0.0500. The molecule has 0 radical (unpaired) electrons. The highest BCUT2D eigenvalue weighted by molar-refractivity contribution is 7.98. The molecule has 1 rings (SSSR count). The van der Waals surface area contributed by atoms with Crippen molar-refractivity contribution < 1.29 is 31.1 Å². The van der Waals surface area contributed by atoms with E-state index >= 15 is 0 Å². The molecular formula is C18H32F6OS2+2. The molecule has 0 aromatic carbocycles. The van der Waals surface area contributed by atoms with Crippen LogP contribution in [0.1, 0.15) is 72.1 Å². The summed E-state index contributed by atoms with van der Waals surface area (Å²) in [5, 5.41) is 0.439. The summed E-state index contributed by atoms with van der Waals surface area (Å²) in [6.07, 6.45) is 6.30. The van der Waals surface area contributed by atoms with Gasteiger partial charge in [-0.2, -0.15) is 0 Å². The summed E-state index contributed by atoms with van der Waals surface area (Å²) in [6.45, 7) is 6.27. The maximum atomic E-state index is 12.0. The fourth-order valence-electron chi connectivity index (χ4n) is 2.95. The van der Waals surface area contributed by atoms with E-state index in [1.807, 2.05) is 6.92 Å². The van der Waals surface area contributed by atoms with Crippen LogP contribution in [0.25, 0.3) is 0 Å². The van der Waals surface area contributed by atoms with Crippen molar-refractivity contribution in [3.63, 3.8) is 0 Å². The van der Waals surface area contributed by atoms with Gasteiger partial charge in [0.2, 0.25) is 10.9 Å². The van der Waals surface area contributed by atoms with E-state index in [4.69, 9.17) is 0 Å². The zero-order valence-electron chi connectivity index (χ0n) is 16.3. The molecule has 27 heavy (non-hydrogen) atoms. The van der Waals surface area contributed by atoms with Crippen molar-refractivity contribution in [1.82, 2.24) is 0 Å². The topological polar surface area (TPSA) is 17.1 Å². The third kappa shape index (κ3) is 10.9. The average Bonchev–Trinajstić information content (AvgIpc) is 2.56. The van der Waals surface area contributed by atoms with Gasteiger partial charge in [-0.25, -0.2) is 0 Å². The summed E-state index contributed by atoms with van der Waals surface area (Å²) < 4.78 is 72.1. The smallest absolute Gasteiger partial charge is 0.294 e. The van der Waals surface area contributed by atoms with E-state index < -0.39 is 27.7 Å². The van der Waals surface area contributed by atoms with Gasteiger partial charge < -0.3 is 0 Å². The van der Waals surface area contributed by atoms with Gasteiger partial charge in [-0.1, -0.05) is 19.8 Å². The van der Waals surface area contributed by atoms with Crippen LogP contribution in [0.15, 0.2) is 0 Å². The van der Waals surface area contributed by atoms with Crippen molar-refractivity contribution in [3.8, 4) is 0 Å². The first-order valence-corrected chi connectivity index (χ1v) is 12.5. The Kier molecular flexibility index (Phi) is 13.2. The Bertz CT molecular complexity index is 394. The number of hydrogen-bond acceptors (Lipinski definition) is 1. The standard InChI is InChI=1S/C10H19OS.C8H13F6S/c1-3-12(4-2)10-8-6-5-7-9(10)11;1-2-3-4-5-6-15(7(9,10)11)8(12,13)14/h10H,3-8H2,1-2H3;2-6H2,1H3/q2*+1. The Balaban J connectivity index is 0.000000511. The van der Waals surface area contributed by atoms with E-state index in [9.17, 15) is 31.1 Å². The fraction of sp³-hybridized carbons (Fsp3) is 0.944. The normalized spacial score (nSPS) is 18.6. The zero-order valence-corrected chi connectivity index (χ0v) is 18.0. The molecule has 1 aliphatic carbocycles. The molecule has 162 valence electrons. The second-order valence-corrected chi connectivity index (χ2v) is 11.3. The highest BCUT2D eigenvalue weighted by Gasteiger charge is 2.67. The molecule has 0 heterocycles. The lowest BCUT2D eigenvalue weighted by Gasteiger charge is -2.20. The molecule has 0 N–H and O–H groups in total. The Morgan fingerprint density at radius 2 is 1.44 bits per heavy atom. The monoisotopic (exact) mass is 442 g/mol. The number of alkyl halides is 6. The van der Waals surface area contributed by atoms with Crippen LogP contribution in [-0.4, -0.2) is 39.3 Å². The van der Waals surface area contributed by atoms with Gasteiger partial charge in [0.15, 0.2) is 11.0 Å². The molecule has 0 aromatic heterocycles. The van der Waals surface area contributed by atoms with Crippen LogP contribution in [0.2, 0.25) is 0 Å². The molecule has 9 heteroatoms. The lowest BCUT2D eigenvalue weighted by Crippen LogP contribution is -2.39. The average molecular weight is 443 g/mol. The largest absolute Gasteiger partial charge is 0.584 e. The number of hydrogen-bond donors (Lipinski definition) is 0. The molecule has 1 unspecified atom stereocenters. The first-order valence-electron chi connectivity index (χ1n) is 9.52. The van der Waals surface area contributed by atoms with Crippen LogP contribution >= 0.6 is 0 Å². The van der Waals surface area contributed by atoms with Crippen molar-refractivity contribution in [2.75, 3.05) is 17.3 Å². The third-order valence-electron chi connectivity index (χ3n) is 4.40. The molecule has 1 nitrogen and oxygen atoms in total. The highest BCUT2D eigenvalue weighted by Crippen LogP contribution is 2.39. The third-order valence-corrected chi connectivity index (χ3v) is 9.00. The van der Waals surface area contributed by atoms with Crippen molar-refractivity contribution >= 4 is 27.6 Å². The predicted octanol–water partition coefficient (Wildman–Crippen LogP) is 6.38. The molecule has 0 aliphatic heterocycles. The molecule has 1 aliphatic rings. The van der Waals surface area contributed by atoms with Crippen LogP contribution < -0.4 is 0 Å². The Labute approximate surface area is 164 Å². The van der Waals surface area contributed by atoms with Crippen LogP contribution in [-0.2, 0) is 26.6 Å². The van der Waals surface area contributed by atoms with E-state index in [0.717, 1.165) is 19.3 Å². The minimum Gasteiger partial charge on any atom is -0.294 e. The van der Waals surface area contributed by atoms with E-state index in [1.54, 1.807) is 0 Å². The second-order valence-electron chi connectivity index (χ2n) is 6.36. The summed E-state index contributed by atoms with van der Waals surface area (Å²) in [5.74, 6) is 2.13. The van der Waals surface area contributed by atoms with Gasteiger partial charge in [-0.15, -0.1) is 26.3 Å². The van der Waals surface area contributed by atoms with E-state index in [0.29, 0.717) is 34.8 Å². The van der Waals surface area contributed by atoms with E-state index in [2.05, 4.69) is 13.8 Å². The van der Waals surface area contributed by atoms with Crippen molar-refractivity contribution in [2.45, 2.75) is 88.4 Å². The molecule has 0 saturated heterocycles. The minimum absolute atomic E-state index is 0.0179. The summed E-state index contributed by atoms with van der Waals surface area (Å²) in [4.78, 5) is 11.6. The molecule has 1 saturated carbocycles. The molecule has 0 bridgehead atoms. The Morgan fingerprint density at radius 1 is 0.889 bits per heavy atom. The maximum absolute atomic E-state index is 12.0. The summed E-state index contributed by atoms with van der Waals surface area (Å²) in [7, 11) is -3.07. The summed E-state index contributed by atoms with van der Waals surface area (Å²) in [6, 6.07) is 0. The van der Waals surface area contributed by atoms with Gasteiger partial charge in [0.25, 0.3) is 0 Å². The van der Waals surface area contributed by atoms with Crippen molar-refractivity contribution in [3.05, 3.63) is 0 Å². The first kappa shape index (κ1) is 27.0. The van der Waals surface area contributed by atoms with E-state index in [1.165, 1.54) is 24.3 Å². The number of halogens is 6. The zero-order chi connectivity index (χ0) is 21.1. The molecule has 0 aromatic rings. The van der Waals surface area contributed by atoms with Crippen molar-refractivity contribution in [1.29, 1.82) is 0 Å². The second kappa shape index (κ2) is 13.2. The number of carbonyl (C=O) groups is 1. The van der Waals surface area contributed by atoms with E-state index in [-0.39, 0.29) is 6.42 Å². The lowest BCUT2D eigenvalue weighted by atomic mass is 9.99. The number of ketones is 1. The number of Topliss-reactive ketones (excluding diaryl/α,β-unsaturated/α-hetero) is 1.